The summed E-state index contributed by atoms with van der Waals surface area (Å²) in [5, 5.41) is 5.47. The van der Waals surface area contributed by atoms with Gasteiger partial charge in [0.2, 0.25) is 11.8 Å². The van der Waals surface area contributed by atoms with Gasteiger partial charge in [0.15, 0.2) is 5.13 Å². The Hall–Kier alpha value is -1.43. The maximum absolute atomic E-state index is 12.2. The predicted octanol–water partition coefficient (Wildman–Crippen LogP) is 2.04. The van der Waals surface area contributed by atoms with Crippen molar-refractivity contribution in [3.8, 4) is 0 Å². The van der Waals surface area contributed by atoms with Crippen molar-refractivity contribution in [1.29, 1.82) is 0 Å². The lowest BCUT2D eigenvalue weighted by Crippen LogP contribution is -2.42. The summed E-state index contributed by atoms with van der Waals surface area (Å²) in [5.74, 6) is 0.610. The largest absolute Gasteiger partial charge is 0.342 e. The van der Waals surface area contributed by atoms with Gasteiger partial charge in [0.25, 0.3) is 0 Å². The summed E-state index contributed by atoms with van der Waals surface area (Å²) in [4.78, 5) is 30.3. The minimum atomic E-state index is 0.00228. The quantitative estimate of drug-likeness (QED) is 0.927. The molecule has 2 heterocycles. The second kappa shape index (κ2) is 5.52. The van der Waals surface area contributed by atoms with E-state index in [0.717, 1.165) is 31.4 Å². The Labute approximate surface area is 122 Å². The summed E-state index contributed by atoms with van der Waals surface area (Å²) in [5.41, 5.74) is 0.926. The monoisotopic (exact) mass is 293 g/mol. The number of hydrogen-bond acceptors (Lipinski definition) is 4. The molecule has 108 valence electrons. The van der Waals surface area contributed by atoms with Gasteiger partial charge in [0, 0.05) is 30.3 Å². The molecular weight excluding hydrogens is 274 g/mol. The molecule has 5 nitrogen and oxygen atoms in total. The first-order valence-electron chi connectivity index (χ1n) is 7.15. The third-order valence-corrected chi connectivity index (χ3v) is 4.83. The van der Waals surface area contributed by atoms with Crippen LogP contribution in [0, 0.1) is 18.8 Å². The Bertz CT molecular complexity index is 516. The molecule has 0 unspecified atom stereocenters. The highest BCUT2D eigenvalue weighted by Gasteiger charge is 2.36. The van der Waals surface area contributed by atoms with E-state index >= 15 is 0 Å². The van der Waals surface area contributed by atoms with Gasteiger partial charge in [-0.25, -0.2) is 4.98 Å². The van der Waals surface area contributed by atoms with Crippen molar-refractivity contribution >= 4 is 28.3 Å². The zero-order chi connectivity index (χ0) is 14.1. The number of hydrogen-bond donors (Lipinski definition) is 1. The smallest absolute Gasteiger partial charge is 0.229 e. The first-order valence-corrected chi connectivity index (χ1v) is 8.03. The minimum absolute atomic E-state index is 0.00228. The van der Waals surface area contributed by atoms with Crippen LogP contribution in [0.2, 0.25) is 0 Å². The molecule has 20 heavy (non-hydrogen) atoms. The van der Waals surface area contributed by atoms with Gasteiger partial charge in [-0.3, -0.25) is 9.59 Å². The fraction of sp³-hybridized carbons (Fsp3) is 0.643. The maximum atomic E-state index is 12.2. The molecule has 1 aliphatic carbocycles. The highest BCUT2D eigenvalue weighted by Crippen LogP contribution is 2.32. The van der Waals surface area contributed by atoms with Gasteiger partial charge in [-0.15, -0.1) is 11.3 Å². The van der Waals surface area contributed by atoms with E-state index < -0.39 is 0 Å². The third kappa shape index (κ3) is 3.00. The topological polar surface area (TPSA) is 62.3 Å². The number of amides is 2. The fourth-order valence-electron chi connectivity index (χ4n) is 2.57. The van der Waals surface area contributed by atoms with Gasteiger partial charge in [0.05, 0.1) is 5.69 Å². The predicted molar refractivity (Wildman–Crippen MR) is 77.5 cm³/mol. The lowest BCUT2D eigenvalue weighted by molar-refractivity contribution is -0.135. The van der Waals surface area contributed by atoms with E-state index in [1.165, 1.54) is 11.3 Å². The van der Waals surface area contributed by atoms with Crippen molar-refractivity contribution < 1.29 is 9.59 Å². The molecule has 1 N–H and O–H groups in total. The van der Waals surface area contributed by atoms with E-state index in [1.807, 2.05) is 17.2 Å². The number of nitrogens with zero attached hydrogens (tertiary/aromatic N) is 2. The zero-order valence-electron chi connectivity index (χ0n) is 11.6. The number of carbonyl (C=O) groups excluding carboxylic acids is 2. The third-order valence-electron chi connectivity index (χ3n) is 3.95. The van der Waals surface area contributed by atoms with Crippen molar-refractivity contribution in [1.82, 2.24) is 9.88 Å². The second-order valence-corrected chi connectivity index (χ2v) is 6.52. The normalized spacial score (nSPS) is 19.9. The molecule has 2 amide bonds. The van der Waals surface area contributed by atoms with Crippen LogP contribution in [-0.2, 0) is 9.59 Å². The molecule has 2 fully saturated rings. The Morgan fingerprint density at radius 2 is 1.95 bits per heavy atom. The number of thiazole rings is 1. The Morgan fingerprint density at radius 1 is 1.25 bits per heavy atom. The van der Waals surface area contributed by atoms with Crippen LogP contribution < -0.4 is 5.32 Å². The Balaban J connectivity index is 1.49. The van der Waals surface area contributed by atoms with E-state index in [-0.39, 0.29) is 17.7 Å². The number of carbonyl (C=O) groups is 2. The number of anilines is 1. The van der Waals surface area contributed by atoms with E-state index in [9.17, 15) is 9.59 Å². The maximum Gasteiger partial charge on any atom is 0.229 e. The van der Waals surface area contributed by atoms with Crippen LogP contribution in [0.25, 0.3) is 0 Å². The zero-order valence-corrected chi connectivity index (χ0v) is 12.4. The molecule has 0 radical (unpaired) electrons. The number of nitrogens with one attached hydrogen (secondary N) is 1. The average Bonchev–Trinajstić information content (AvgIpc) is 3.22. The highest BCUT2D eigenvalue weighted by molar-refractivity contribution is 7.13. The molecule has 0 atom stereocenters. The van der Waals surface area contributed by atoms with Gasteiger partial charge < -0.3 is 10.2 Å². The fourth-order valence-corrected chi connectivity index (χ4v) is 3.26. The number of aryl methyl sites for hydroxylation is 1. The van der Waals surface area contributed by atoms with Crippen molar-refractivity contribution in [2.24, 2.45) is 11.8 Å². The number of aromatic nitrogens is 1. The number of rotatable bonds is 3. The molecule has 3 rings (SSSR count). The molecule has 1 aromatic heterocycles. The molecule has 0 aromatic carbocycles. The Morgan fingerprint density at radius 3 is 2.50 bits per heavy atom. The SMILES string of the molecule is Cc1csc(NC(=O)C2CCN(C(=O)C3CC3)CC2)n1. The number of likely N-dealkylation sites (tertiary alicyclic amines) is 1. The molecule has 2 aliphatic rings. The van der Waals surface area contributed by atoms with Crippen molar-refractivity contribution in [2.45, 2.75) is 32.6 Å². The summed E-state index contributed by atoms with van der Waals surface area (Å²) in [6.45, 7) is 3.34. The summed E-state index contributed by atoms with van der Waals surface area (Å²) in [6, 6.07) is 0. The summed E-state index contributed by atoms with van der Waals surface area (Å²) in [6.07, 6.45) is 3.61. The van der Waals surface area contributed by atoms with E-state index in [2.05, 4.69) is 10.3 Å². The van der Waals surface area contributed by atoms with Gasteiger partial charge in [-0.2, -0.15) is 0 Å². The highest BCUT2D eigenvalue weighted by atomic mass is 32.1. The number of piperidine rings is 1. The van der Waals surface area contributed by atoms with Crippen LogP contribution in [0.4, 0.5) is 5.13 Å². The van der Waals surface area contributed by atoms with Crippen LogP contribution >= 0.6 is 11.3 Å². The van der Waals surface area contributed by atoms with Crippen LogP contribution in [-0.4, -0.2) is 34.8 Å². The van der Waals surface area contributed by atoms with Crippen molar-refractivity contribution in [2.75, 3.05) is 18.4 Å². The lowest BCUT2D eigenvalue weighted by Gasteiger charge is -2.31. The molecule has 0 spiro atoms. The summed E-state index contributed by atoms with van der Waals surface area (Å²) < 4.78 is 0. The van der Waals surface area contributed by atoms with E-state index in [0.29, 0.717) is 24.1 Å². The molecule has 1 aromatic rings. The average molecular weight is 293 g/mol. The second-order valence-electron chi connectivity index (χ2n) is 5.66. The molecule has 0 bridgehead atoms. The van der Waals surface area contributed by atoms with Gasteiger partial charge in [-0.1, -0.05) is 0 Å². The van der Waals surface area contributed by atoms with Gasteiger partial charge in [-0.05, 0) is 32.6 Å². The summed E-state index contributed by atoms with van der Waals surface area (Å²) in [7, 11) is 0. The van der Waals surface area contributed by atoms with Crippen LogP contribution in [0.3, 0.4) is 0 Å². The standard InChI is InChI=1S/C14H19N3O2S/c1-9-8-20-14(15-9)16-12(18)10-4-6-17(7-5-10)13(19)11-2-3-11/h8,10-11H,2-7H2,1H3,(H,15,16,18). The lowest BCUT2D eigenvalue weighted by atomic mass is 9.95. The van der Waals surface area contributed by atoms with Crippen LogP contribution in [0.15, 0.2) is 5.38 Å². The van der Waals surface area contributed by atoms with Crippen LogP contribution in [0.5, 0.6) is 0 Å². The molecular formula is C14H19N3O2S. The van der Waals surface area contributed by atoms with Crippen LogP contribution in [0.1, 0.15) is 31.4 Å². The van der Waals surface area contributed by atoms with Crippen molar-refractivity contribution in [3.63, 3.8) is 0 Å². The van der Waals surface area contributed by atoms with Crippen molar-refractivity contribution in [3.05, 3.63) is 11.1 Å². The Kier molecular flexibility index (Phi) is 3.74. The molecule has 1 saturated carbocycles. The van der Waals surface area contributed by atoms with E-state index in [1.54, 1.807) is 0 Å². The van der Waals surface area contributed by atoms with Gasteiger partial charge >= 0.3 is 0 Å². The first-order chi connectivity index (χ1) is 9.63. The molecule has 6 heteroatoms. The minimum Gasteiger partial charge on any atom is -0.342 e. The van der Waals surface area contributed by atoms with Gasteiger partial charge in [0.1, 0.15) is 0 Å². The first kappa shape index (κ1) is 13.5. The summed E-state index contributed by atoms with van der Waals surface area (Å²) >= 11 is 1.45. The molecule has 1 saturated heterocycles. The molecule has 1 aliphatic heterocycles. The van der Waals surface area contributed by atoms with E-state index in [4.69, 9.17) is 0 Å².